The molecule has 92 valence electrons. The van der Waals surface area contributed by atoms with Gasteiger partial charge in [-0.25, -0.2) is 4.79 Å². The number of amidine groups is 1. The predicted molar refractivity (Wildman–Crippen MR) is 68.1 cm³/mol. The summed E-state index contributed by atoms with van der Waals surface area (Å²) in [6, 6.07) is 10.6. The fourth-order valence-electron chi connectivity index (χ4n) is 1.63. The molecule has 0 heterocycles. The normalized spacial score (nSPS) is 10.2. The third-order valence-electron chi connectivity index (χ3n) is 2.49. The number of nitrogen functional groups attached to an aromatic ring is 1. The van der Waals surface area contributed by atoms with Gasteiger partial charge in [0.1, 0.15) is 11.6 Å². The molecule has 0 spiro atoms. The van der Waals surface area contributed by atoms with Crippen molar-refractivity contribution in [3.8, 4) is 5.75 Å². The predicted octanol–water partition coefficient (Wildman–Crippen LogP) is 1.59. The number of benzene rings is 2. The van der Waals surface area contributed by atoms with Gasteiger partial charge in [0.15, 0.2) is 6.61 Å². The van der Waals surface area contributed by atoms with Crippen LogP contribution in [-0.2, 0) is 4.79 Å². The molecule has 0 atom stereocenters. The van der Waals surface area contributed by atoms with Crippen molar-refractivity contribution in [1.82, 2.24) is 0 Å². The summed E-state index contributed by atoms with van der Waals surface area (Å²) >= 11 is 0. The van der Waals surface area contributed by atoms with Crippen molar-refractivity contribution >= 4 is 22.6 Å². The monoisotopic (exact) mass is 244 g/mol. The first-order chi connectivity index (χ1) is 8.56. The van der Waals surface area contributed by atoms with Gasteiger partial charge in [0.2, 0.25) is 0 Å². The van der Waals surface area contributed by atoms with E-state index in [1.807, 2.05) is 6.07 Å². The molecule has 0 aliphatic rings. The fourth-order valence-corrected chi connectivity index (χ4v) is 1.63. The first-order valence-electron chi connectivity index (χ1n) is 5.29. The molecule has 2 aromatic rings. The maximum atomic E-state index is 10.4. The van der Waals surface area contributed by atoms with Crippen LogP contribution in [0.1, 0.15) is 5.56 Å². The van der Waals surface area contributed by atoms with E-state index in [4.69, 9.17) is 21.0 Å². The van der Waals surface area contributed by atoms with E-state index in [0.717, 1.165) is 10.8 Å². The van der Waals surface area contributed by atoms with Crippen LogP contribution in [0.5, 0.6) is 5.75 Å². The van der Waals surface area contributed by atoms with Gasteiger partial charge >= 0.3 is 5.97 Å². The average Bonchev–Trinajstić information content (AvgIpc) is 2.35. The number of fused-ring (bicyclic) bond motifs is 1. The van der Waals surface area contributed by atoms with Gasteiger partial charge < -0.3 is 15.6 Å². The van der Waals surface area contributed by atoms with E-state index in [1.165, 1.54) is 0 Å². The maximum absolute atomic E-state index is 10.4. The lowest BCUT2D eigenvalue weighted by molar-refractivity contribution is -0.139. The molecule has 5 nitrogen and oxygen atoms in total. The van der Waals surface area contributed by atoms with E-state index in [0.29, 0.717) is 11.3 Å². The SMILES string of the molecule is N=C(N)c1ccc2cc(OCC(=O)O)ccc2c1. The lowest BCUT2D eigenvalue weighted by atomic mass is 10.1. The van der Waals surface area contributed by atoms with Gasteiger partial charge in [-0.3, -0.25) is 5.41 Å². The Morgan fingerprint density at radius 3 is 2.56 bits per heavy atom. The number of rotatable bonds is 4. The Balaban J connectivity index is 2.32. The molecule has 0 aliphatic heterocycles. The number of nitrogens with two attached hydrogens (primary N) is 1. The summed E-state index contributed by atoms with van der Waals surface area (Å²) in [7, 11) is 0. The van der Waals surface area contributed by atoms with E-state index in [1.54, 1.807) is 30.3 Å². The zero-order valence-electron chi connectivity index (χ0n) is 9.51. The smallest absolute Gasteiger partial charge is 0.341 e. The van der Waals surface area contributed by atoms with E-state index in [9.17, 15) is 4.79 Å². The highest BCUT2D eigenvalue weighted by atomic mass is 16.5. The number of carbonyl (C=O) groups is 1. The molecule has 0 amide bonds. The van der Waals surface area contributed by atoms with Gasteiger partial charge in [-0.05, 0) is 29.0 Å². The lowest BCUT2D eigenvalue weighted by Gasteiger charge is -2.06. The molecule has 2 aromatic carbocycles. The molecule has 0 bridgehead atoms. The van der Waals surface area contributed by atoms with Crippen molar-refractivity contribution in [2.45, 2.75) is 0 Å². The minimum atomic E-state index is -1.01. The highest BCUT2D eigenvalue weighted by molar-refractivity contribution is 5.99. The number of carboxylic acids is 1. The minimum absolute atomic E-state index is 0.0168. The van der Waals surface area contributed by atoms with Crippen LogP contribution in [0.4, 0.5) is 0 Å². The molecule has 0 radical (unpaired) electrons. The summed E-state index contributed by atoms with van der Waals surface area (Å²) in [5, 5.41) is 17.7. The topological polar surface area (TPSA) is 96.4 Å². The Morgan fingerprint density at radius 1 is 1.22 bits per heavy atom. The molecular formula is C13H12N2O3. The van der Waals surface area contributed by atoms with Crippen molar-refractivity contribution in [2.75, 3.05) is 6.61 Å². The second-order valence-electron chi connectivity index (χ2n) is 3.82. The van der Waals surface area contributed by atoms with Gasteiger partial charge in [0, 0.05) is 5.56 Å². The quantitative estimate of drug-likeness (QED) is 0.562. The molecule has 2 rings (SSSR count). The third-order valence-corrected chi connectivity index (χ3v) is 2.49. The maximum Gasteiger partial charge on any atom is 0.341 e. The molecule has 18 heavy (non-hydrogen) atoms. The van der Waals surface area contributed by atoms with Crippen LogP contribution < -0.4 is 10.5 Å². The number of nitrogens with one attached hydrogen (secondary N) is 1. The summed E-state index contributed by atoms with van der Waals surface area (Å²) in [5.41, 5.74) is 6.06. The number of carboxylic acid groups (broad SMARTS) is 1. The fraction of sp³-hybridized carbons (Fsp3) is 0.0769. The van der Waals surface area contributed by atoms with Crippen LogP contribution >= 0.6 is 0 Å². The van der Waals surface area contributed by atoms with E-state index in [2.05, 4.69) is 0 Å². The Kier molecular flexibility index (Phi) is 3.14. The largest absolute Gasteiger partial charge is 0.482 e. The number of hydrogen-bond donors (Lipinski definition) is 3. The molecule has 5 heteroatoms. The van der Waals surface area contributed by atoms with Crippen LogP contribution in [0.15, 0.2) is 36.4 Å². The molecule has 4 N–H and O–H groups in total. The minimum Gasteiger partial charge on any atom is -0.482 e. The van der Waals surface area contributed by atoms with E-state index >= 15 is 0 Å². The Morgan fingerprint density at radius 2 is 1.89 bits per heavy atom. The van der Waals surface area contributed by atoms with Crippen molar-refractivity contribution in [3.63, 3.8) is 0 Å². The molecule has 0 saturated heterocycles. The number of ether oxygens (including phenoxy) is 1. The highest BCUT2D eigenvalue weighted by Gasteiger charge is 2.02. The van der Waals surface area contributed by atoms with Gasteiger partial charge in [0.25, 0.3) is 0 Å². The summed E-state index contributed by atoms with van der Waals surface area (Å²) in [5.74, 6) is -0.495. The van der Waals surface area contributed by atoms with Crippen molar-refractivity contribution < 1.29 is 14.6 Å². The average molecular weight is 244 g/mol. The first-order valence-corrected chi connectivity index (χ1v) is 5.29. The van der Waals surface area contributed by atoms with E-state index < -0.39 is 5.97 Å². The van der Waals surface area contributed by atoms with Gasteiger partial charge in [-0.1, -0.05) is 18.2 Å². The molecule has 0 aromatic heterocycles. The van der Waals surface area contributed by atoms with Crippen LogP contribution in [0.3, 0.4) is 0 Å². The van der Waals surface area contributed by atoms with Crippen molar-refractivity contribution in [3.05, 3.63) is 42.0 Å². The third kappa shape index (κ3) is 2.57. The second kappa shape index (κ2) is 4.75. The second-order valence-corrected chi connectivity index (χ2v) is 3.82. The number of aliphatic carboxylic acids is 1. The zero-order chi connectivity index (χ0) is 13.1. The van der Waals surface area contributed by atoms with Crippen LogP contribution in [0.25, 0.3) is 10.8 Å². The molecule has 0 unspecified atom stereocenters. The first kappa shape index (κ1) is 11.9. The van der Waals surface area contributed by atoms with Gasteiger partial charge in [0.05, 0.1) is 0 Å². The Hall–Kier alpha value is -2.56. The summed E-state index contributed by atoms with van der Waals surface area (Å²) in [4.78, 5) is 10.4. The highest BCUT2D eigenvalue weighted by Crippen LogP contribution is 2.22. The zero-order valence-corrected chi connectivity index (χ0v) is 9.51. The molecule has 0 saturated carbocycles. The van der Waals surface area contributed by atoms with Gasteiger partial charge in [-0.2, -0.15) is 0 Å². The van der Waals surface area contributed by atoms with E-state index in [-0.39, 0.29) is 12.4 Å². The summed E-state index contributed by atoms with van der Waals surface area (Å²) in [6.45, 7) is -0.364. The summed E-state index contributed by atoms with van der Waals surface area (Å²) in [6.07, 6.45) is 0. The molecule has 0 fully saturated rings. The number of hydrogen-bond acceptors (Lipinski definition) is 3. The van der Waals surface area contributed by atoms with Crippen LogP contribution in [-0.4, -0.2) is 23.5 Å². The van der Waals surface area contributed by atoms with Crippen LogP contribution in [0.2, 0.25) is 0 Å². The van der Waals surface area contributed by atoms with Crippen molar-refractivity contribution in [1.29, 1.82) is 5.41 Å². The summed E-state index contributed by atoms with van der Waals surface area (Å²) < 4.78 is 5.09. The van der Waals surface area contributed by atoms with Gasteiger partial charge in [-0.15, -0.1) is 0 Å². The molecular weight excluding hydrogens is 232 g/mol. The Labute approximate surface area is 103 Å². The molecule has 0 aliphatic carbocycles. The van der Waals surface area contributed by atoms with Crippen LogP contribution in [0, 0.1) is 5.41 Å². The Bertz CT molecular complexity index is 623. The standard InChI is InChI=1S/C13H12N2O3/c14-13(15)10-2-1-9-6-11(18-7-12(16)17)4-3-8(9)5-10/h1-6H,7H2,(H3,14,15)(H,16,17). The van der Waals surface area contributed by atoms with Crippen molar-refractivity contribution in [2.24, 2.45) is 5.73 Å². The lowest BCUT2D eigenvalue weighted by Crippen LogP contribution is -2.10.